The van der Waals surface area contributed by atoms with Crippen LogP contribution in [0.3, 0.4) is 0 Å². The zero-order chi connectivity index (χ0) is 14.7. The molecule has 108 valence electrons. The van der Waals surface area contributed by atoms with Crippen molar-refractivity contribution in [3.05, 3.63) is 24.0 Å². The minimum absolute atomic E-state index is 0.0557. The van der Waals surface area contributed by atoms with E-state index in [-0.39, 0.29) is 11.9 Å². The number of carbonyl (C=O) groups is 1. The van der Waals surface area contributed by atoms with Gasteiger partial charge in [-0.2, -0.15) is 0 Å². The third kappa shape index (κ3) is 2.88. The lowest BCUT2D eigenvalue weighted by Crippen LogP contribution is -2.20. The number of para-hydroxylation sites is 1. The summed E-state index contributed by atoms with van der Waals surface area (Å²) in [5, 5.41) is -0.319. The standard InChI is InChI=1S/C14H18ClN3O2/c1-3-7-20-11-6-4-5-10-13(11)17-14(9(2)15)18(10)8-12(16)19/h4-6,9H,3,7-8H2,1-2H3,(H2,16,19). The van der Waals surface area contributed by atoms with E-state index >= 15 is 0 Å². The summed E-state index contributed by atoms with van der Waals surface area (Å²) < 4.78 is 7.43. The molecule has 0 bridgehead atoms. The number of amides is 1. The minimum atomic E-state index is -0.428. The summed E-state index contributed by atoms with van der Waals surface area (Å²) in [5.74, 6) is 0.891. The molecule has 1 atom stereocenters. The maximum atomic E-state index is 11.2. The third-order valence-corrected chi connectivity index (χ3v) is 3.10. The van der Waals surface area contributed by atoms with Gasteiger partial charge < -0.3 is 15.0 Å². The fourth-order valence-electron chi connectivity index (χ4n) is 2.09. The molecule has 0 aliphatic carbocycles. The largest absolute Gasteiger partial charge is 0.491 e. The maximum Gasteiger partial charge on any atom is 0.237 e. The Morgan fingerprint density at radius 3 is 2.90 bits per heavy atom. The van der Waals surface area contributed by atoms with Crippen molar-refractivity contribution in [1.29, 1.82) is 0 Å². The smallest absolute Gasteiger partial charge is 0.237 e. The molecule has 1 amide bonds. The fraction of sp³-hybridized carbons (Fsp3) is 0.429. The molecule has 0 saturated carbocycles. The molecule has 1 aromatic heterocycles. The van der Waals surface area contributed by atoms with Gasteiger partial charge >= 0.3 is 0 Å². The first-order valence-corrected chi connectivity index (χ1v) is 7.02. The molecule has 1 unspecified atom stereocenters. The van der Waals surface area contributed by atoms with Crippen LogP contribution in [0.1, 0.15) is 31.5 Å². The van der Waals surface area contributed by atoms with Crippen LogP contribution in [0.25, 0.3) is 11.0 Å². The first-order valence-electron chi connectivity index (χ1n) is 6.59. The van der Waals surface area contributed by atoms with Gasteiger partial charge in [0.2, 0.25) is 5.91 Å². The molecule has 1 aromatic carbocycles. The fourth-order valence-corrected chi connectivity index (χ4v) is 2.26. The quantitative estimate of drug-likeness (QED) is 0.833. The SMILES string of the molecule is CCCOc1cccc2c1nc(C(C)Cl)n2CC(N)=O. The average Bonchev–Trinajstić information content (AvgIpc) is 2.75. The van der Waals surface area contributed by atoms with Gasteiger partial charge in [-0.05, 0) is 25.5 Å². The van der Waals surface area contributed by atoms with Gasteiger partial charge in [-0.25, -0.2) is 4.98 Å². The molecule has 0 aliphatic heterocycles. The van der Waals surface area contributed by atoms with Crippen molar-refractivity contribution in [2.24, 2.45) is 5.73 Å². The molecule has 5 nitrogen and oxygen atoms in total. The second-order valence-corrected chi connectivity index (χ2v) is 5.27. The van der Waals surface area contributed by atoms with Gasteiger partial charge in [0.1, 0.15) is 23.6 Å². The van der Waals surface area contributed by atoms with Crippen molar-refractivity contribution in [3.63, 3.8) is 0 Å². The average molecular weight is 296 g/mol. The second-order valence-electron chi connectivity index (χ2n) is 4.61. The number of alkyl halides is 1. The summed E-state index contributed by atoms with van der Waals surface area (Å²) in [4.78, 5) is 15.8. The molecule has 0 spiro atoms. The van der Waals surface area contributed by atoms with Crippen LogP contribution in [0.15, 0.2) is 18.2 Å². The molecule has 0 saturated heterocycles. The van der Waals surface area contributed by atoms with Gasteiger partial charge in [0.15, 0.2) is 0 Å². The number of nitrogens with zero attached hydrogens (tertiary/aromatic N) is 2. The zero-order valence-electron chi connectivity index (χ0n) is 11.6. The van der Waals surface area contributed by atoms with Gasteiger partial charge in [-0.1, -0.05) is 13.0 Å². The van der Waals surface area contributed by atoms with E-state index in [4.69, 9.17) is 22.1 Å². The zero-order valence-corrected chi connectivity index (χ0v) is 12.4. The highest BCUT2D eigenvalue weighted by molar-refractivity contribution is 6.20. The number of primary amides is 1. The Hall–Kier alpha value is -1.75. The van der Waals surface area contributed by atoms with E-state index in [1.165, 1.54) is 0 Å². The van der Waals surface area contributed by atoms with E-state index in [2.05, 4.69) is 4.98 Å². The molecule has 2 rings (SSSR count). The van der Waals surface area contributed by atoms with Crippen LogP contribution in [0, 0.1) is 0 Å². The number of aromatic nitrogens is 2. The summed E-state index contributed by atoms with van der Waals surface area (Å²) in [5.41, 5.74) is 6.82. The Morgan fingerprint density at radius 2 is 2.30 bits per heavy atom. The summed E-state index contributed by atoms with van der Waals surface area (Å²) in [7, 11) is 0. The summed E-state index contributed by atoms with van der Waals surface area (Å²) >= 11 is 6.14. The normalized spacial score (nSPS) is 12.6. The maximum absolute atomic E-state index is 11.2. The monoisotopic (exact) mass is 295 g/mol. The third-order valence-electron chi connectivity index (χ3n) is 2.90. The molecule has 20 heavy (non-hydrogen) atoms. The number of nitrogens with two attached hydrogens (primary N) is 1. The number of imidazole rings is 1. The number of rotatable bonds is 6. The van der Waals surface area contributed by atoms with Crippen LogP contribution in [-0.2, 0) is 11.3 Å². The van der Waals surface area contributed by atoms with Crippen molar-refractivity contribution in [1.82, 2.24) is 9.55 Å². The highest BCUT2D eigenvalue weighted by atomic mass is 35.5. The van der Waals surface area contributed by atoms with E-state index in [9.17, 15) is 4.79 Å². The number of hydrogen-bond donors (Lipinski definition) is 1. The Balaban J connectivity index is 2.57. The second kappa shape index (κ2) is 6.13. The first-order chi connectivity index (χ1) is 9.54. The number of ether oxygens (including phenoxy) is 1. The van der Waals surface area contributed by atoms with Crippen LogP contribution in [0.2, 0.25) is 0 Å². The van der Waals surface area contributed by atoms with Crippen LogP contribution in [0.5, 0.6) is 5.75 Å². The lowest BCUT2D eigenvalue weighted by atomic mass is 10.3. The van der Waals surface area contributed by atoms with Crippen molar-refractivity contribution >= 4 is 28.5 Å². The summed E-state index contributed by atoms with van der Waals surface area (Å²) in [6.45, 7) is 4.53. The van der Waals surface area contributed by atoms with Crippen LogP contribution < -0.4 is 10.5 Å². The number of hydrogen-bond acceptors (Lipinski definition) is 3. The molecule has 0 radical (unpaired) electrons. The first kappa shape index (κ1) is 14.7. The Kier molecular flexibility index (Phi) is 4.49. The van der Waals surface area contributed by atoms with E-state index in [0.29, 0.717) is 23.7 Å². The summed E-state index contributed by atoms with van der Waals surface area (Å²) in [6, 6.07) is 5.62. The lowest BCUT2D eigenvalue weighted by Gasteiger charge is -2.08. The minimum Gasteiger partial charge on any atom is -0.491 e. The van der Waals surface area contributed by atoms with Crippen LogP contribution in [-0.4, -0.2) is 22.1 Å². The molecule has 0 aliphatic rings. The van der Waals surface area contributed by atoms with Gasteiger partial charge in [0, 0.05) is 0 Å². The molecule has 6 heteroatoms. The molecule has 1 heterocycles. The van der Waals surface area contributed by atoms with Gasteiger partial charge in [-0.3, -0.25) is 4.79 Å². The highest BCUT2D eigenvalue weighted by Crippen LogP contribution is 2.30. The topological polar surface area (TPSA) is 70.1 Å². The molecule has 2 aromatic rings. The molecular formula is C14H18ClN3O2. The van der Waals surface area contributed by atoms with E-state index < -0.39 is 5.91 Å². The number of halogens is 1. The van der Waals surface area contributed by atoms with Crippen molar-refractivity contribution in [3.8, 4) is 5.75 Å². The van der Waals surface area contributed by atoms with Gasteiger partial charge in [-0.15, -0.1) is 11.6 Å². The highest BCUT2D eigenvalue weighted by Gasteiger charge is 2.18. The number of benzene rings is 1. The Labute approximate surface area is 122 Å². The van der Waals surface area contributed by atoms with E-state index in [0.717, 1.165) is 11.9 Å². The van der Waals surface area contributed by atoms with Crippen molar-refractivity contribution in [2.75, 3.05) is 6.61 Å². The van der Waals surface area contributed by atoms with Crippen LogP contribution >= 0.6 is 11.6 Å². The van der Waals surface area contributed by atoms with Crippen molar-refractivity contribution in [2.45, 2.75) is 32.2 Å². The predicted molar refractivity (Wildman–Crippen MR) is 79.0 cm³/mol. The van der Waals surface area contributed by atoms with Gasteiger partial charge in [0.05, 0.1) is 17.5 Å². The molecule has 2 N–H and O–H groups in total. The lowest BCUT2D eigenvalue weighted by molar-refractivity contribution is -0.118. The van der Waals surface area contributed by atoms with Gasteiger partial charge in [0.25, 0.3) is 0 Å². The number of carbonyl (C=O) groups excluding carboxylic acids is 1. The van der Waals surface area contributed by atoms with E-state index in [1.807, 2.05) is 32.0 Å². The van der Waals surface area contributed by atoms with E-state index in [1.54, 1.807) is 4.57 Å². The predicted octanol–water partition coefficient (Wildman–Crippen LogP) is 2.61. The molecule has 0 fully saturated rings. The molecular weight excluding hydrogens is 278 g/mol. The summed E-state index contributed by atoms with van der Waals surface area (Å²) in [6.07, 6.45) is 0.914. The van der Waals surface area contributed by atoms with Crippen LogP contribution in [0.4, 0.5) is 0 Å². The number of fused-ring (bicyclic) bond motifs is 1. The van der Waals surface area contributed by atoms with Crippen molar-refractivity contribution < 1.29 is 9.53 Å². The Morgan fingerprint density at radius 1 is 1.55 bits per heavy atom. The Bertz CT molecular complexity index is 622.